The molecule has 0 aromatic heterocycles. The third kappa shape index (κ3) is 4.36. The summed E-state index contributed by atoms with van der Waals surface area (Å²) in [6.07, 6.45) is 2.24. The molecule has 7 heteroatoms. The summed E-state index contributed by atoms with van der Waals surface area (Å²) in [7, 11) is 0. The van der Waals surface area contributed by atoms with E-state index in [0.717, 1.165) is 50.5 Å². The lowest BCUT2D eigenvalue weighted by atomic mass is 9.49. The van der Waals surface area contributed by atoms with Crippen LogP contribution in [0, 0.1) is 17.3 Å². The van der Waals surface area contributed by atoms with Gasteiger partial charge in [-0.05, 0) is 61.1 Å². The van der Waals surface area contributed by atoms with Gasteiger partial charge in [-0.1, -0.05) is 31.6 Å². The van der Waals surface area contributed by atoms with Crippen LogP contribution >= 0.6 is 0 Å². The Morgan fingerprint density at radius 3 is 2.60 bits per heavy atom. The number of urea groups is 1. The Morgan fingerprint density at radius 1 is 1.23 bits per heavy atom. The Labute approximate surface area is 175 Å². The third-order valence-electron chi connectivity index (χ3n) is 7.36. The molecule has 2 fully saturated rings. The van der Waals surface area contributed by atoms with Crippen LogP contribution in [0.5, 0.6) is 0 Å². The van der Waals surface area contributed by atoms with Crippen molar-refractivity contribution < 1.29 is 18.0 Å². The summed E-state index contributed by atoms with van der Waals surface area (Å²) in [6, 6.07) is 4.28. The smallest absolute Gasteiger partial charge is 0.335 e. The second kappa shape index (κ2) is 7.91. The fraction of sp³-hybridized carbons (Fsp3) is 0.609. The fourth-order valence-electron chi connectivity index (χ4n) is 5.28. The van der Waals surface area contributed by atoms with Crippen molar-refractivity contribution in [1.29, 1.82) is 0 Å². The average Bonchev–Trinajstić information content (AvgIpc) is 2.69. The number of fused-ring (bicyclic) bond motifs is 1. The van der Waals surface area contributed by atoms with Crippen LogP contribution in [-0.4, -0.2) is 36.6 Å². The maximum atomic E-state index is 12.8. The standard InChI is InChI=1S/C23H30F3N3O/c1-22(2)16-7-6-15(20(22)13-16)14-29-10-8-18(9-11-29)27-21(30)28-19-5-3-4-17(12-19)23(24,25)26/h3-6,12,16,18,20H,7-11,13-14H2,1-2H3,(H2,27,28,30)/t16-,20+/m0/s1. The molecular weight excluding hydrogens is 391 g/mol. The van der Waals surface area contributed by atoms with Crippen LogP contribution in [-0.2, 0) is 6.18 Å². The number of likely N-dealkylation sites (tertiary alicyclic amines) is 1. The van der Waals surface area contributed by atoms with Crippen LogP contribution in [0.4, 0.5) is 23.7 Å². The topological polar surface area (TPSA) is 44.4 Å². The van der Waals surface area contributed by atoms with Crippen LogP contribution in [0.15, 0.2) is 35.9 Å². The van der Waals surface area contributed by atoms with Crippen LogP contribution in [0.1, 0.15) is 45.1 Å². The largest absolute Gasteiger partial charge is 0.416 e. The molecule has 1 saturated carbocycles. The van der Waals surface area contributed by atoms with Gasteiger partial charge in [-0.25, -0.2) is 4.79 Å². The highest BCUT2D eigenvalue weighted by Crippen LogP contribution is 2.59. The fourth-order valence-corrected chi connectivity index (χ4v) is 5.28. The number of anilines is 1. The molecule has 1 aromatic carbocycles. The number of piperidine rings is 1. The van der Waals surface area contributed by atoms with E-state index in [0.29, 0.717) is 11.3 Å². The minimum absolute atomic E-state index is 0.0388. The molecule has 1 aromatic rings. The number of nitrogens with zero attached hydrogens (tertiary/aromatic N) is 1. The maximum Gasteiger partial charge on any atom is 0.416 e. The predicted octanol–water partition coefficient (Wildman–Crippen LogP) is 5.28. The summed E-state index contributed by atoms with van der Waals surface area (Å²) in [5.41, 5.74) is 1.39. The van der Waals surface area contributed by atoms with E-state index in [1.54, 1.807) is 5.57 Å². The van der Waals surface area contributed by atoms with Gasteiger partial charge in [-0.3, -0.25) is 4.90 Å². The number of amides is 2. The van der Waals surface area contributed by atoms with Gasteiger partial charge >= 0.3 is 12.2 Å². The van der Waals surface area contributed by atoms with Gasteiger partial charge in [0.15, 0.2) is 0 Å². The summed E-state index contributed by atoms with van der Waals surface area (Å²) in [6.45, 7) is 7.63. The molecule has 2 N–H and O–H groups in total. The Morgan fingerprint density at radius 2 is 1.97 bits per heavy atom. The second-order valence-corrected chi connectivity index (χ2v) is 9.55. The first-order valence-corrected chi connectivity index (χ1v) is 10.8. The van der Waals surface area contributed by atoms with Crippen LogP contribution < -0.4 is 10.6 Å². The highest BCUT2D eigenvalue weighted by Gasteiger charge is 2.51. The zero-order valence-corrected chi connectivity index (χ0v) is 17.6. The zero-order valence-electron chi connectivity index (χ0n) is 17.6. The van der Waals surface area contributed by atoms with E-state index < -0.39 is 17.8 Å². The first kappa shape index (κ1) is 21.2. The van der Waals surface area contributed by atoms with E-state index in [1.165, 1.54) is 25.0 Å². The summed E-state index contributed by atoms with van der Waals surface area (Å²) >= 11 is 0. The highest BCUT2D eigenvalue weighted by molar-refractivity contribution is 5.89. The van der Waals surface area contributed by atoms with E-state index in [-0.39, 0.29) is 11.7 Å². The summed E-state index contributed by atoms with van der Waals surface area (Å²) in [5.74, 6) is 1.56. The van der Waals surface area contributed by atoms with Crippen LogP contribution in [0.3, 0.4) is 0 Å². The van der Waals surface area contributed by atoms with Gasteiger partial charge in [0.05, 0.1) is 5.56 Å². The van der Waals surface area contributed by atoms with Crippen molar-refractivity contribution in [3.8, 4) is 0 Å². The van der Waals surface area contributed by atoms with Crippen molar-refractivity contribution in [2.24, 2.45) is 17.3 Å². The first-order chi connectivity index (χ1) is 14.1. The van der Waals surface area contributed by atoms with Gasteiger partial charge in [-0.15, -0.1) is 0 Å². The number of benzene rings is 1. The van der Waals surface area contributed by atoms with Gasteiger partial charge in [0.2, 0.25) is 0 Å². The molecule has 1 saturated heterocycles. The Hall–Kier alpha value is -2.02. The Kier molecular flexibility index (Phi) is 5.60. The van der Waals surface area contributed by atoms with Crippen LogP contribution in [0.2, 0.25) is 0 Å². The third-order valence-corrected chi connectivity index (χ3v) is 7.36. The highest BCUT2D eigenvalue weighted by atomic mass is 19.4. The molecular formula is C23H30F3N3O. The lowest BCUT2D eigenvalue weighted by Gasteiger charge is -2.57. The molecule has 2 bridgehead atoms. The number of hydrogen-bond acceptors (Lipinski definition) is 2. The number of alkyl halides is 3. The molecule has 4 aliphatic rings. The second-order valence-electron chi connectivity index (χ2n) is 9.55. The van der Waals surface area contributed by atoms with Gasteiger partial charge < -0.3 is 10.6 Å². The van der Waals surface area contributed by atoms with Gasteiger partial charge in [0, 0.05) is 31.4 Å². The van der Waals surface area contributed by atoms with E-state index in [4.69, 9.17) is 0 Å². The molecule has 1 heterocycles. The Bertz CT molecular complexity index is 825. The lowest BCUT2D eigenvalue weighted by molar-refractivity contribution is -0.137. The molecule has 2 atom stereocenters. The van der Waals surface area contributed by atoms with Crippen molar-refractivity contribution in [2.75, 3.05) is 25.0 Å². The number of carbonyl (C=O) groups excluding carboxylic acids is 1. The molecule has 1 aliphatic heterocycles. The van der Waals surface area contributed by atoms with E-state index in [2.05, 4.69) is 35.5 Å². The molecule has 0 spiro atoms. The summed E-state index contributed by atoms with van der Waals surface area (Å²) in [5, 5.41) is 5.43. The van der Waals surface area contributed by atoms with Crippen LogP contribution in [0.25, 0.3) is 0 Å². The van der Waals surface area contributed by atoms with Gasteiger partial charge in [0.1, 0.15) is 0 Å². The van der Waals surface area contributed by atoms with Crippen molar-refractivity contribution in [2.45, 2.75) is 51.7 Å². The number of rotatable bonds is 4. The molecule has 2 amide bonds. The molecule has 4 nitrogen and oxygen atoms in total. The molecule has 0 unspecified atom stereocenters. The molecule has 164 valence electrons. The quantitative estimate of drug-likeness (QED) is 0.650. The van der Waals surface area contributed by atoms with Crippen molar-refractivity contribution >= 4 is 11.7 Å². The van der Waals surface area contributed by atoms with E-state index >= 15 is 0 Å². The maximum absolute atomic E-state index is 12.8. The molecule has 0 radical (unpaired) electrons. The van der Waals surface area contributed by atoms with E-state index in [1.807, 2.05) is 0 Å². The van der Waals surface area contributed by atoms with Gasteiger partial charge in [0.25, 0.3) is 0 Å². The minimum Gasteiger partial charge on any atom is -0.335 e. The monoisotopic (exact) mass is 421 g/mol. The molecule has 5 rings (SSSR count). The number of hydrogen-bond donors (Lipinski definition) is 2. The van der Waals surface area contributed by atoms with Gasteiger partial charge in [-0.2, -0.15) is 13.2 Å². The molecule has 30 heavy (non-hydrogen) atoms. The predicted molar refractivity (Wildman–Crippen MR) is 111 cm³/mol. The number of carbonyl (C=O) groups is 1. The van der Waals surface area contributed by atoms with Crippen molar-refractivity contribution in [3.63, 3.8) is 0 Å². The average molecular weight is 422 g/mol. The zero-order chi connectivity index (χ0) is 21.5. The lowest BCUT2D eigenvalue weighted by Crippen LogP contribution is -2.51. The Balaban J connectivity index is 1.23. The number of nitrogens with one attached hydrogen (secondary N) is 2. The molecule has 3 aliphatic carbocycles. The summed E-state index contributed by atoms with van der Waals surface area (Å²) in [4.78, 5) is 14.7. The van der Waals surface area contributed by atoms with Crippen molar-refractivity contribution in [1.82, 2.24) is 10.2 Å². The summed E-state index contributed by atoms with van der Waals surface area (Å²) < 4.78 is 38.4. The van der Waals surface area contributed by atoms with E-state index in [9.17, 15) is 18.0 Å². The number of halogens is 3. The van der Waals surface area contributed by atoms with Crippen molar-refractivity contribution in [3.05, 3.63) is 41.5 Å². The normalized spacial score (nSPS) is 26.5. The number of allylic oxidation sites excluding steroid dienone is 1. The SMILES string of the molecule is CC1(C)[C@H]2CC=C(CN3CCC(NC(=O)Nc4cccc(C(F)(F)F)c4)CC3)[C@H]1C2. The minimum atomic E-state index is -4.43. The first-order valence-electron chi connectivity index (χ1n) is 10.8.